The first-order valence-corrected chi connectivity index (χ1v) is 5.46. The van der Waals surface area contributed by atoms with Gasteiger partial charge in [0.15, 0.2) is 5.15 Å². The lowest BCUT2D eigenvalue weighted by Crippen LogP contribution is -2.26. The predicted molar refractivity (Wildman–Crippen MR) is 60.6 cm³/mol. The number of carbonyl (C=O) groups is 1. The van der Waals surface area contributed by atoms with Crippen LogP contribution in [0.2, 0.25) is 5.15 Å². The van der Waals surface area contributed by atoms with Gasteiger partial charge in [0.1, 0.15) is 0 Å². The average molecular weight is 245 g/mol. The van der Waals surface area contributed by atoms with Crippen molar-refractivity contribution < 1.29 is 4.79 Å². The fourth-order valence-electron chi connectivity index (χ4n) is 1.72. The molecule has 1 aliphatic heterocycles. The number of alkyl halides is 1. The van der Waals surface area contributed by atoms with Crippen LogP contribution in [0.5, 0.6) is 0 Å². The number of anilines is 1. The molecular weight excluding hydrogens is 235 g/mol. The van der Waals surface area contributed by atoms with Crippen LogP contribution in [0.25, 0.3) is 0 Å². The van der Waals surface area contributed by atoms with Crippen LogP contribution in [0.4, 0.5) is 5.69 Å². The maximum absolute atomic E-state index is 11.6. The van der Waals surface area contributed by atoms with E-state index in [4.69, 9.17) is 23.2 Å². The molecule has 0 bridgehead atoms. The molecule has 80 valence electrons. The first-order valence-electron chi connectivity index (χ1n) is 4.65. The molecule has 0 spiro atoms. The van der Waals surface area contributed by atoms with Crippen molar-refractivity contribution in [2.24, 2.45) is 0 Å². The van der Waals surface area contributed by atoms with Crippen molar-refractivity contribution in [2.75, 3.05) is 11.4 Å². The number of amides is 1. The highest BCUT2D eigenvalue weighted by Crippen LogP contribution is 2.31. The third kappa shape index (κ3) is 1.94. The molecule has 1 atom stereocenters. The van der Waals surface area contributed by atoms with Gasteiger partial charge >= 0.3 is 0 Å². The van der Waals surface area contributed by atoms with Crippen LogP contribution in [-0.4, -0.2) is 22.8 Å². The van der Waals surface area contributed by atoms with Crippen molar-refractivity contribution in [3.63, 3.8) is 0 Å². The van der Waals surface area contributed by atoms with Crippen molar-refractivity contribution in [2.45, 2.75) is 18.7 Å². The molecule has 2 heterocycles. The number of pyridine rings is 1. The van der Waals surface area contributed by atoms with Crippen molar-refractivity contribution in [1.82, 2.24) is 4.98 Å². The Bertz CT molecular complexity index is 388. The minimum absolute atomic E-state index is 0.00741. The second-order valence-corrected chi connectivity index (χ2v) is 4.55. The van der Waals surface area contributed by atoms with E-state index >= 15 is 0 Å². The van der Waals surface area contributed by atoms with Gasteiger partial charge in [-0.1, -0.05) is 11.6 Å². The Morgan fingerprint density at radius 3 is 2.87 bits per heavy atom. The minimum Gasteiger partial charge on any atom is -0.308 e. The van der Waals surface area contributed by atoms with Gasteiger partial charge in [-0.25, -0.2) is 4.98 Å². The molecule has 1 aromatic rings. The van der Waals surface area contributed by atoms with Crippen molar-refractivity contribution in [3.8, 4) is 0 Å². The molecule has 1 aliphatic rings. The highest BCUT2D eigenvalue weighted by atomic mass is 35.5. The molecule has 15 heavy (non-hydrogen) atoms. The van der Waals surface area contributed by atoms with E-state index < -0.39 is 0 Å². The number of nitrogens with zero attached hydrogens (tertiary/aromatic N) is 2. The molecule has 0 saturated carbocycles. The second kappa shape index (κ2) is 3.99. The topological polar surface area (TPSA) is 33.2 Å². The molecule has 0 radical (unpaired) electrons. The van der Waals surface area contributed by atoms with Gasteiger partial charge in [-0.2, -0.15) is 0 Å². The molecule has 1 saturated heterocycles. The molecule has 0 aromatic carbocycles. The molecule has 1 aromatic heterocycles. The maximum atomic E-state index is 11.6. The minimum atomic E-state index is -0.131. The zero-order valence-corrected chi connectivity index (χ0v) is 9.72. The summed E-state index contributed by atoms with van der Waals surface area (Å²) >= 11 is 11.9. The molecule has 0 aliphatic carbocycles. The largest absolute Gasteiger partial charge is 0.308 e. The second-order valence-electron chi connectivity index (χ2n) is 3.57. The lowest BCUT2D eigenvalue weighted by molar-refractivity contribution is -0.117. The highest BCUT2D eigenvalue weighted by Gasteiger charge is 2.31. The van der Waals surface area contributed by atoms with Crippen molar-refractivity contribution >= 4 is 34.8 Å². The number of aryl methyl sites for hydroxylation is 1. The first-order chi connectivity index (χ1) is 7.09. The smallest absolute Gasteiger partial charge is 0.228 e. The fraction of sp³-hybridized carbons (Fsp3) is 0.400. The fourth-order valence-corrected chi connectivity index (χ4v) is 2.30. The highest BCUT2D eigenvalue weighted by molar-refractivity contribution is 6.33. The molecule has 0 N–H and O–H groups in total. The molecule has 5 heteroatoms. The van der Waals surface area contributed by atoms with E-state index in [1.54, 1.807) is 11.1 Å². The molecule has 2 rings (SSSR count). The number of hydrogen-bond acceptors (Lipinski definition) is 2. The van der Waals surface area contributed by atoms with Crippen LogP contribution in [0.3, 0.4) is 0 Å². The van der Waals surface area contributed by atoms with Gasteiger partial charge in [-0.15, -0.1) is 11.6 Å². The summed E-state index contributed by atoms with van der Waals surface area (Å²) in [7, 11) is 0. The molecule has 3 nitrogen and oxygen atoms in total. The summed E-state index contributed by atoms with van der Waals surface area (Å²) < 4.78 is 0. The average Bonchev–Trinajstić information content (AvgIpc) is 2.45. The van der Waals surface area contributed by atoms with Crippen LogP contribution in [-0.2, 0) is 4.79 Å². The van der Waals surface area contributed by atoms with Crippen LogP contribution in [0.15, 0.2) is 12.3 Å². The zero-order valence-electron chi connectivity index (χ0n) is 8.20. The third-order valence-corrected chi connectivity index (χ3v) is 3.00. The predicted octanol–water partition coefficient (Wildman–Crippen LogP) is 2.39. The van der Waals surface area contributed by atoms with Crippen LogP contribution in [0.1, 0.15) is 12.0 Å². The SMILES string of the molecule is Cc1ccnc(Cl)c1N1CC(Cl)CC1=O. The Balaban J connectivity index is 2.41. The van der Waals surface area contributed by atoms with Gasteiger partial charge in [0.05, 0.1) is 11.1 Å². The van der Waals surface area contributed by atoms with Gasteiger partial charge in [-0.05, 0) is 18.6 Å². The number of halogens is 2. The van der Waals surface area contributed by atoms with Crippen LogP contribution >= 0.6 is 23.2 Å². The zero-order chi connectivity index (χ0) is 11.0. The summed E-state index contributed by atoms with van der Waals surface area (Å²) in [6.07, 6.45) is 1.99. The lowest BCUT2D eigenvalue weighted by Gasteiger charge is -2.18. The Morgan fingerprint density at radius 2 is 2.33 bits per heavy atom. The summed E-state index contributed by atoms with van der Waals surface area (Å²) in [6, 6.07) is 1.83. The van der Waals surface area contributed by atoms with E-state index in [1.807, 2.05) is 13.0 Å². The third-order valence-electron chi connectivity index (χ3n) is 2.43. The Kier molecular flexibility index (Phi) is 2.85. The summed E-state index contributed by atoms with van der Waals surface area (Å²) in [5, 5.41) is 0.224. The number of carbonyl (C=O) groups excluding carboxylic acids is 1. The molecular formula is C10H10Cl2N2O. The van der Waals surface area contributed by atoms with Gasteiger partial charge in [0.25, 0.3) is 0 Å². The van der Waals surface area contributed by atoms with E-state index in [9.17, 15) is 4.79 Å². The number of aromatic nitrogens is 1. The summed E-state index contributed by atoms with van der Waals surface area (Å²) in [5.41, 5.74) is 1.63. The summed E-state index contributed by atoms with van der Waals surface area (Å²) in [4.78, 5) is 17.2. The normalized spacial score (nSPS) is 21.1. The standard InChI is InChI=1S/C10H10Cl2N2O/c1-6-2-3-13-10(12)9(6)14-5-7(11)4-8(14)15/h2-3,7H,4-5H2,1H3. The summed E-state index contributed by atoms with van der Waals surface area (Å²) in [6.45, 7) is 2.41. The van der Waals surface area contributed by atoms with E-state index in [-0.39, 0.29) is 11.3 Å². The first kappa shape index (κ1) is 10.7. The lowest BCUT2D eigenvalue weighted by atomic mass is 10.2. The monoisotopic (exact) mass is 244 g/mol. The van der Waals surface area contributed by atoms with Crippen molar-refractivity contribution in [3.05, 3.63) is 23.0 Å². The Morgan fingerprint density at radius 1 is 1.60 bits per heavy atom. The summed E-state index contributed by atoms with van der Waals surface area (Å²) in [5.74, 6) is 0.00741. The van der Waals surface area contributed by atoms with Crippen LogP contribution < -0.4 is 4.90 Å². The van der Waals surface area contributed by atoms with Gasteiger partial charge in [0.2, 0.25) is 5.91 Å². The van der Waals surface area contributed by atoms with E-state index in [0.29, 0.717) is 23.8 Å². The van der Waals surface area contributed by atoms with Gasteiger partial charge < -0.3 is 4.90 Å². The Hall–Kier alpha value is -0.800. The van der Waals surface area contributed by atoms with Gasteiger partial charge in [-0.3, -0.25) is 4.79 Å². The maximum Gasteiger partial charge on any atom is 0.228 e. The van der Waals surface area contributed by atoms with E-state index in [1.165, 1.54) is 0 Å². The molecule has 1 unspecified atom stereocenters. The Labute approximate surface area is 98.0 Å². The van der Waals surface area contributed by atoms with Crippen molar-refractivity contribution in [1.29, 1.82) is 0 Å². The number of rotatable bonds is 1. The van der Waals surface area contributed by atoms with E-state index in [0.717, 1.165) is 5.56 Å². The van der Waals surface area contributed by atoms with Crippen LogP contribution in [0, 0.1) is 6.92 Å². The number of hydrogen-bond donors (Lipinski definition) is 0. The molecule has 1 amide bonds. The van der Waals surface area contributed by atoms with Gasteiger partial charge in [0, 0.05) is 19.2 Å². The molecule has 1 fully saturated rings. The quantitative estimate of drug-likeness (QED) is 0.562. The van der Waals surface area contributed by atoms with E-state index in [2.05, 4.69) is 4.98 Å².